The van der Waals surface area contributed by atoms with E-state index in [9.17, 15) is 13.6 Å². The first kappa shape index (κ1) is 18.3. The molecule has 0 saturated carbocycles. The Hall–Kier alpha value is -2.02. The summed E-state index contributed by atoms with van der Waals surface area (Å²) in [4.78, 5) is 20.5. The van der Waals surface area contributed by atoms with Gasteiger partial charge in [-0.2, -0.15) is 0 Å². The molecule has 3 aliphatic rings. The average molecular weight is 395 g/mol. The standard InChI is InChI=1S/C19H21ClF2N4O/c1-12-8-18(10-23,15(12)25-6-3-19(21,22)4-7-25)11-26-9-14-13(17(26)27)2-5-24-16(14)20/h2,5,10,23H,3-4,6-9,11H2,1H3. The van der Waals surface area contributed by atoms with Crippen molar-refractivity contribution < 1.29 is 13.6 Å². The van der Waals surface area contributed by atoms with E-state index < -0.39 is 11.3 Å². The van der Waals surface area contributed by atoms with Crippen LogP contribution in [0.5, 0.6) is 0 Å². The highest BCUT2D eigenvalue weighted by Gasteiger charge is 2.49. The highest BCUT2D eigenvalue weighted by Crippen LogP contribution is 2.49. The summed E-state index contributed by atoms with van der Waals surface area (Å²) in [5.41, 5.74) is 2.68. The summed E-state index contributed by atoms with van der Waals surface area (Å²) in [6.07, 6.45) is 3.20. The van der Waals surface area contributed by atoms with E-state index >= 15 is 0 Å². The van der Waals surface area contributed by atoms with Gasteiger partial charge in [0, 0.05) is 68.3 Å². The second-order valence-electron chi connectivity index (χ2n) is 7.74. The van der Waals surface area contributed by atoms with Gasteiger partial charge < -0.3 is 15.2 Å². The number of amides is 1. The molecule has 0 bridgehead atoms. The van der Waals surface area contributed by atoms with Crippen LogP contribution >= 0.6 is 11.6 Å². The molecule has 1 aromatic heterocycles. The van der Waals surface area contributed by atoms with E-state index in [0.717, 1.165) is 11.3 Å². The maximum atomic E-state index is 13.5. The SMILES string of the molecule is CC1=C(N2CCC(F)(F)CC2)C(C=N)(CN2Cc3c(ccnc3Cl)C2=O)C1. The number of piperidine rings is 1. The van der Waals surface area contributed by atoms with Crippen LogP contribution in [0.1, 0.15) is 42.1 Å². The van der Waals surface area contributed by atoms with E-state index in [2.05, 4.69) is 4.98 Å². The molecule has 1 atom stereocenters. The molecule has 1 aromatic rings. The van der Waals surface area contributed by atoms with Crippen molar-refractivity contribution in [2.45, 2.75) is 38.7 Å². The molecule has 1 amide bonds. The number of alkyl halides is 2. The van der Waals surface area contributed by atoms with Gasteiger partial charge in [-0.15, -0.1) is 0 Å². The van der Waals surface area contributed by atoms with Crippen LogP contribution in [-0.2, 0) is 6.54 Å². The Morgan fingerprint density at radius 1 is 1.37 bits per heavy atom. The molecule has 0 spiro atoms. The third-order valence-electron chi connectivity index (χ3n) is 5.89. The lowest BCUT2D eigenvalue weighted by Crippen LogP contribution is -2.53. The van der Waals surface area contributed by atoms with E-state index in [1.807, 2.05) is 11.8 Å². The Bertz CT molecular complexity index is 846. The van der Waals surface area contributed by atoms with Gasteiger partial charge in [0.15, 0.2) is 0 Å². The van der Waals surface area contributed by atoms with Gasteiger partial charge in [0.2, 0.25) is 0 Å². The molecule has 0 aromatic carbocycles. The summed E-state index contributed by atoms with van der Waals surface area (Å²) >= 11 is 6.13. The van der Waals surface area contributed by atoms with Crippen LogP contribution in [0.25, 0.3) is 0 Å². The second kappa shape index (κ2) is 6.26. The highest BCUT2D eigenvalue weighted by atomic mass is 35.5. The molecule has 3 heterocycles. The molecule has 1 N–H and O–H groups in total. The minimum Gasteiger partial charge on any atom is -0.374 e. The Morgan fingerprint density at radius 3 is 2.67 bits per heavy atom. The van der Waals surface area contributed by atoms with E-state index in [1.54, 1.807) is 11.0 Å². The number of hydrogen-bond donors (Lipinski definition) is 1. The first-order valence-corrected chi connectivity index (χ1v) is 9.41. The molecular weight excluding hydrogens is 374 g/mol. The zero-order chi connectivity index (χ0) is 19.4. The van der Waals surface area contributed by atoms with Gasteiger partial charge in [-0.25, -0.2) is 13.8 Å². The average Bonchev–Trinajstić information content (AvgIpc) is 2.93. The fourth-order valence-electron chi connectivity index (χ4n) is 4.62. The van der Waals surface area contributed by atoms with Crippen molar-refractivity contribution in [3.8, 4) is 0 Å². The molecule has 2 aliphatic heterocycles. The molecule has 8 heteroatoms. The molecule has 144 valence electrons. The van der Waals surface area contributed by atoms with E-state index in [4.69, 9.17) is 17.0 Å². The molecule has 1 aliphatic carbocycles. The van der Waals surface area contributed by atoms with E-state index in [-0.39, 0.29) is 31.8 Å². The van der Waals surface area contributed by atoms with Gasteiger partial charge in [-0.3, -0.25) is 4.79 Å². The maximum absolute atomic E-state index is 13.5. The molecule has 0 radical (unpaired) electrons. The number of aromatic nitrogens is 1. The largest absolute Gasteiger partial charge is 0.374 e. The van der Waals surface area contributed by atoms with Crippen molar-refractivity contribution in [3.05, 3.63) is 39.8 Å². The molecular formula is C19H21ClF2N4O. The number of fused-ring (bicyclic) bond motifs is 1. The van der Waals surface area contributed by atoms with Crippen molar-refractivity contribution in [2.75, 3.05) is 19.6 Å². The number of halogens is 3. The highest BCUT2D eigenvalue weighted by molar-refractivity contribution is 6.30. The molecule has 1 unspecified atom stereocenters. The number of nitrogens with one attached hydrogen (secondary N) is 1. The third-order valence-corrected chi connectivity index (χ3v) is 6.21. The van der Waals surface area contributed by atoms with Crippen LogP contribution in [-0.4, -0.2) is 52.5 Å². The molecule has 5 nitrogen and oxygen atoms in total. The Balaban J connectivity index is 1.55. The topological polar surface area (TPSA) is 60.3 Å². The number of pyridine rings is 1. The van der Waals surface area contributed by atoms with Crippen LogP contribution in [0.4, 0.5) is 8.78 Å². The second-order valence-corrected chi connectivity index (χ2v) is 8.10. The first-order valence-electron chi connectivity index (χ1n) is 9.04. The maximum Gasteiger partial charge on any atom is 0.254 e. The number of likely N-dealkylation sites (tertiary alicyclic amines) is 1. The lowest BCUT2D eigenvalue weighted by molar-refractivity contribution is -0.0534. The predicted octanol–water partition coefficient (Wildman–Crippen LogP) is 3.74. The van der Waals surface area contributed by atoms with Gasteiger partial charge in [-0.05, 0) is 19.4 Å². The van der Waals surface area contributed by atoms with Crippen molar-refractivity contribution in [1.29, 1.82) is 5.41 Å². The molecule has 27 heavy (non-hydrogen) atoms. The summed E-state index contributed by atoms with van der Waals surface area (Å²) < 4.78 is 27.1. The van der Waals surface area contributed by atoms with Gasteiger partial charge >= 0.3 is 0 Å². The summed E-state index contributed by atoms with van der Waals surface area (Å²) in [5.74, 6) is -2.73. The Morgan fingerprint density at radius 2 is 2.07 bits per heavy atom. The van der Waals surface area contributed by atoms with Crippen molar-refractivity contribution in [2.24, 2.45) is 5.41 Å². The van der Waals surface area contributed by atoms with Crippen LogP contribution in [0, 0.1) is 10.8 Å². The van der Waals surface area contributed by atoms with E-state index in [0.29, 0.717) is 35.8 Å². The van der Waals surface area contributed by atoms with Crippen LogP contribution in [0.3, 0.4) is 0 Å². The third kappa shape index (κ3) is 2.92. The quantitative estimate of drug-likeness (QED) is 0.625. The number of rotatable bonds is 4. The Kier molecular flexibility index (Phi) is 4.25. The monoisotopic (exact) mass is 394 g/mol. The van der Waals surface area contributed by atoms with Gasteiger partial charge in [0.05, 0.1) is 5.41 Å². The zero-order valence-electron chi connectivity index (χ0n) is 15.1. The number of hydrogen-bond acceptors (Lipinski definition) is 4. The fraction of sp³-hybridized carbons (Fsp3) is 0.526. The van der Waals surface area contributed by atoms with Crippen molar-refractivity contribution in [1.82, 2.24) is 14.8 Å². The number of carbonyl (C=O) groups excluding carboxylic acids is 1. The van der Waals surface area contributed by atoms with Crippen molar-refractivity contribution in [3.63, 3.8) is 0 Å². The number of carbonyl (C=O) groups is 1. The lowest BCUT2D eigenvalue weighted by Gasteiger charge is -2.51. The smallest absolute Gasteiger partial charge is 0.254 e. The van der Waals surface area contributed by atoms with Gasteiger partial charge in [0.1, 0.15) is 5.15 Å². The molecule has 1 saturated heterocycles. The van der Waals surface area contributed by atoms with Crippen LogP contribution < -0.4 is 0 Å². The van der Waals surface area contributed by atoms with E-state index in [1.165, 1.54) is 12.4 Å². The Labute approximate surface area is 161 Å². The first-order chi connectivity index (χ1) is 12.8. The normalized spacial score (nSPS) is 26.9. The van der Waals surface area contributed by atoms with Crippen molar-refractivity contribution >= 4 is 23.7 Å². The zero-order valence-corrected chi connectivity index (χ0v) is 15.8. The summed E-state index contributed by atoms with van der Waals surface area (Å²) in [7, 11) is 0. The van der Waals surface area contributed by atoms with Crippen LogP contribution in [0.2, 0.25) is 5.15 Å². The van der Waals surface area contributed by atoms with Crippen LogP contribution in [0.15, 0.2) is 23.5 Å². The van der Waals surface area contributed by atoms with Gasteiger partial charge in [-0.1, -0.05) is 17.2 Å². The molecule has 4 rings (SSSR count). The minimum absolute atomic E-state index is 0.121. The minimum atomic E-state index is -2.61. The summed E-state index contributed by atoms with van der Waals surface area (Å²) in [6, 6.07) is 1.66. The summed E-state index contributed by atoms with van der Waals surface area (Å²) in [5, 5.41) is 8.37. The predicted molar refractivity (Wildman–Crippen MR) is 98.3 cm³/mol. The fourth-order valence-corrected chi connectivity index (χ4v) is 4.83. The number of nitrogens with zero attached hydrogens (tertiary/aromatic N) is 3. The van der Waals surface area contributed by atoms with Gasteiger partial charge in [0.25, 0.3) is 11.8 Å². The molecule has 1 fully saturated rings. The number of allylic oxidation sites excluding steroid dienone is 1. The summed E-state index contributed by atoms with van der Waals surface area (Å²) in [6.45, 7) is 3.24. The lowest BCUT2D eigenvalue weighted by atomic mass is 9.67.